The van der Waals surface area contributed by atoms with Crippen molar-refractivity contribution >= 4 is 5.91 Å². The molecule has 1 atom stereocenters. The first-order valence-corrected chi connectivity index (χ1v) is 9.37. The lowest BCUT2D eigenvalue weighted by molar-refractivity contribution is -0.137. The molecule has 0 aliphatic carbocycles. The minimum Gasteiger partial charge on any atom is -0.420 e. The second kappa shape index (κ2) is 7.89. The molecule has 156 valence electrons. The van der Waals surface area contributed by atoms with Gasteiger partial charge in [0.25, 0.3) is 5.91 Å². The maximum absolute atomic E-state index is 13.4. The van der Waals surface area contributed by atoms with Crippen LogP contribution in [0.1, 0.15) is 40.6 Å². The zero-order valence-corrected chi connectivity index (χ0v) is 15.7. The number of amides is 1. The van der Waals surface area contributed by atoms with E-state index in [1.165, 1.54) is 30.3 Å². The molecule has 0 saturated carbocycles. The summed E-state index contributed by atoms with van der Waals surface area (Å²) in [6.07, 6.45) is -2.98. The minimum atomic E-state index is -4.42. The number of halogens is 4. The Hall–Kier alpha value is -3.23. The van der Waals surface area contributed by atoms with E-state index < -0.39 is 17.6 Å². The van der Waals surface area contributed by atoms with Crippen LogP contribution in [0.4, 0.5) is 17.6 Å². The van der Waals surface area contributed by atoms with E-state index in [0.29, 0.717) is 31.0 Å². The zero-order chi connectivity index (χ0) is 21.3. The fourth-order valence-electron chi connectivity index (χ4n) is 3.49. The molecule has 1 aromatic heterocycles. The van der Waals surface area contributed by atoms with E-state index in [1.54, 1.807) is 11.0 Å². The molecule has 1 fully saturated rings. The highest BCUT2D eigenvalue weighted by atomic mass is 19.4. The molecule has 4 rings (SSSR count). The standard InChI is InChI=1S/C21H17F4N3O2/c22-17-5-1-3-14(11-17)20(29)28-10-2-4-15(12-28)19-27-26-18(30-19)13-6-8-16(9-7-13)21(23,24)25/h1,3,5-9,11,15H,2,4,10,12H2. The Kier molecular flexibility index (Phi) is 5.27. The van der Waals surface area contributed by atoms with E-state index in [-0.39, 0.29) is 23.3 Å². The van der Waals surface area contributed by atoms with Crippen molar-refractivity contribution in [2.24, 2.45) is 0 Å². The smallest absolute Gasteiger partial charge is 0.416 e. The average molecular weight is 419 g/mol. The number of aromatic nitrogens is 2. The van der Waals surface area contributed by atoms with Crippen molar-refractivity contribution in [1.82, 2.24) is 15.1 Å². The van der Waals surface area contributed by atoms with E-state index in [1.807, 2.05) is 0 Å². The maximum atomic E-state index is 13.4. The van der Waals surface area contributed by atoms with Gasteiger partial charge in [-0.2, -0.15) is 13.2 Å². The summed E-state index contributed by atoms with van der Waals surface area (Å²) < 4.78 is 57.2. The first-order valence-electron chi connectivity index (χ1n) is 9.37. The van der Waals surface area contributed by atoms with Crippen LogP contribution in [0.2, 0.25) is 0 Å². The number of carbonyl (C=O) groups is 1. The van der Waals surface area contributed by atoms with Gasteiger partial charge in [-0.1, -0.05) is 6.07 Å². The fourth-order valence-corrected chi connectivity index (χ4v) is 3.49. The van der Waals surface area contributed by atoms with Crippen molar-refractivity contribution in [2.75, 3.05) is 13.1 Å². The molecule has 5 nitrogen and oxygen atoms in total. The summed E-state index contributed by atoms with van der Waals surface area (Å²) in [6, 6.07) is 9.99. The predicted molar refractivity (Wildman–Crippen MR) is 99.0 cm³/mol. The molecule has 1 amide bonds. The lowest BCUT2D eigenvalue weighted by Gasteiger charge is -2.31. The summed E-state index contributed by atoms with van der Waals surface area (Å²) in [5.41, 5.74) is -0.110. The summed E-state index contributed by atoms with van der Waals surface area (Å²) in [6.45, 7) is 0.871. The van der Waals surface area contributed by atoms with Crippen molar-refractivity contribution < 1.29 is 26.8 Å². The second-order valence-corrected chi connectivity index (χ2v) is 7.12. The Morgan fingerprint density at radius 2 is 1.87 bits per heavy atom. The highest BCUT2D eigenvalue weighted by Crippen LogP contribution is 2.32. The van der Waals surface area contributed by atoms with E-state index in [4.69, 9.17) is 4.42 Å². The van der Waals surface area contributed by atoms with Gasteiger partial charge in [0.2, 0.25) is 11.8 Å². The van der Waals surface area contributed by atoms with Crippen molar-refractivity contribution in [3.8, 4) is 11.5 Å². The number of nitrogens with zero attached hydrogens (tertiary/aromatic N) is 3. The highest BCUT2D eigenvalue weighted by Gasteiger charge is 2.31. The van der Waals surface area contributed by atoms with Gasteiger partial charge in [-0.15, -0.1) is 10.2 Å². The van der Waals surface area contributed by atoms with Gasteiger partial charge in [-0.3, -0.25) is 4.79 Å². The number of hydrogen-bond acceptors (Lipinski definition) is 4. The van der Waals surface area contributed by atoms with Gasteiger partial charge in [0.05, 0.1) is 11.5 Å². The molecule has 1 saturated heterocycles. The second-order valence-electron chi connectivity index (χ2n) is 7.12. The zero-order valence-electron chi connectivity index (χ0n) is 15.7. The van der Waals surface area contributed by atoms with Crippen LogP contribution in [-0.4, -0.2) is 34.1 Å². The van der Waals surface area contributed by atoms with Crippen molar-refractivity contribution in [3.63, 3.8) is 0 Å². The fraction of sp³-hybridized carbons (Fsp3) is 0.286. The Bertz CT molecular complexity index is 1050. The Morgan fingerprint density at radius 1 is 1.10 bits per heavy atom. The van der Waals surface area contributed by atoms with Gasteiger partial charge in [0.1, 0.15) is 5.82 Å². The van der Waals surface area contributed by atoms with Gasteiger partial charge in [-0.25, -0.2) is 4.39 Å². The third-order valence-corrected chi connectivity index (χ3v) is 5.03. The summed E-state index contributed by atoms with van der Waals surface area (Å²) in [5, 5.41) is 7.97. The largest absolute Gasteiger partial charge is 0.420 e. The van der Waals surface area contributed by atoms with Gasteiger partial charge >= 0.3 is 6.18 Å². The Labute approximate surface area is 169 Å². The SMILES string of the molecule is O=C(c1cccc(F)c1)N1CCCC(c2nnc(-c3ccc(C(F)(F)F)cc3)o2)C1. The number of benzene rings is 2. The van der Waals surface area contributed by atoms with Crippen molar-refractivity contribution in [3.05, 3.63) is 71.4 Å². The normalized spacial score (nSPS) is 17.2. The third-order valence-electron chi connectivity index (χ3n) is 5.03. The molecule has 0 radical (unpaired) electrons. The van der Waals surface area contributed by atoms with E-state index >= 15 is 0 Å². The molecule has 9 heteroatoms. The lowest BCUT2D eigenvalue weighted by Crippen LogP contribution is -2.39. The number of rotatable bonds is 3. The molecule has 0 N–H and O–H groups in total. The number of hydrogen-bond donors (Lipinski definition) is 0. The van der Waals surface area contributed by atoms with Gasteiger partial charge in [0, 0.05) is 24.2 Å². The molecule has 0 spiro atoms. The molecular formula is C21H17F4N3O2. The van der Waals surface area contributed by atoms with E-state index in [9.17, 15) is 22.4 Å². The predicted octanol–water partition coefficient (Wildman–Crippen LogP) is 4.91. The lowest BCUT2D eigenvalue weighted by atomic mass is 9.97. The van der Waals surface area contributed by atoms with Crippen LogP contribution >= 0.6 is 0 Å². The molecular weight excluding hydrogens is 402 g/mol. The summed E-state index contributed by atoms with van der Waals surface area (Å²) in [4.78, 5) is 14.3. The number of likely N-dealkylation sites (tertiary alicyclic amines) is 1. The van der Waals surface area contributed by atoms with Crippen molar-refractivity contribution in [1.29, 1.82) is 0 Å². The molecule has 30 heavy (non-hydrogen) atoms. The molecule has 1 aliphatic heterocycles. The van der Waals surface area contributed by atoms with Crippen LogP contribution in [-0.2, 0) is 6.18 Å². The quantitative estimate of drug-likeness (QED) is 0.566. The molecule has 2 aromatic carbocycles. The van der Waals surface area contributed by atoms with Crippen LogP contribution < -0.4 is 0 Å². The summed E-state index contributed by atoms with van der Waals surface area (Å²) in [7, 11) is 0. The number of carbonyl (C=O) groups excluding carboxylic acids is 1. The van der Waals surface area contributed by atoms with Gasteiger partial charge in [0.15, 0.2) is 0 Å². The average Bonchev–Trinajstić information content (AvgIpc) is 3.23. The van der Waals surface area contributed by atoms with Gasteiger partial charge < -0.3 is 9.32 Å². The molecule has 3 aromatic rings. The summed E-state index contributed by atoms with van der Waals surface area (Å²) >= 11 is 0. The minimum absolute atomic E-state index is 0.118. The van der Waals surface area contributed by atoms with Crippen LogP contribution in [0.5, 0.6) is 0 Å². The van der Waals surface area contributed by atoms with Crippen molar-refractivity contribution in [2.45, 2.75) is 24.9 Å². The topological polar surface area (TPSA) is 59.2 Å². The van der Waals surface area contributed by atoms with Crippen LogP contribution in [0.25, 0.3) is 11.5 Å². The van der Waals surface area contributed by atoms with Crippen LogP contribution in [0, 0.1) is 5.82 Å². The molecule has 1 aliphatic rings. The third kappa shape index (κ3) is 4.19. The monoisotopic (exact) mass is 419 g/mol. The molecule has 1 unspecified atom stereocenters. The Morgan fingerprint density at radius 3 is 2.57 bits per heavy atom. The maximum Gasteiger partial charge on any atom is 0.416 e. The van der Waals surface area contributed by atoms with Gasteiger partial charge in [-0.05, 0) is 55.3 Å². The number of alkyl halides is 3. The molecule has 2 heterocycles. The highest BCUT2D eigenvalue weighted by molar-refractivity contribution is 5.94. The summed E-state index contributed by atoms with van der Waals surface area (Å²) in [5.74, 6) is -0.518. The number of piperidine rings is 1. The first kappa shape index (κ1) is 20.1. The van der Waals surface area contributed by atoms with E-state index in [2.05, 4.69) is 10.2 Å². The van der Waals surface area contributed by atoms with Crippen LogP contribution in [0.15, 0.2) is 52.9 Å². The van der Waals surface area contributed by atoms with E-state index in [0.717, 1.165) is 18.6 Å². The Balaban J connectivity index is 1.48. The van der Waals surface area contributed by atoms with Crippen LogP contribution in [0.3, 0.4) is 0 Å². The molecule has 0 bridgehead atoms. The first-order chi connectivity index (χ1) is 14.3.